The summed E-state index contributed by atoms with van der Waals surface area (Å²) in [5.41, 5.74) is 0. The maximum atomic E-state index is 9.06. The van der Waals surface area contributed by atoms with Crippen LogP contribution in [0.1, 0.15) is 25.7 Å². The molecule has 2 aliphatic rings. The number of fused-ring (bicyclic) bond motifs is 1. The quantitative estimate of drug-likeness (QED) is 0.735. The smallest absolute Gasteiger partial charge is 0.0464 e. The highest BCUT2D eigenvalue weighted by molar-refractivity contribution is 9.11. The minimum atomic E-state index is 0.410. The van der Waals surface area contributed by atoms with Crippen molar-refractivity contribution in [3.63, 3.8) is 0 Å². The Balaban J connectivity index is 1.93. The average molecular weight is 231 g/mol. The maximum Gasteiger partial charge on any atom is 0.0464 e. The first-order chi connectivity index (χ1) is 5.83. The zero-order chi connectivity index (χ0) is 8.55. The molecule has 3 atom stereocenters. The fraction of sp³-hybridized carbons (Fsp3) is 0.800. The largest absolute Gasteiger partial charge is 0.396 e. The number of hydrogen-bond donors (Lipinski definition) is 1. The van der Waals surface area contributed by atoms with Gasteiger partial charge in [-0.3, -0.25) is 0 Å². The minimum Gasteiger partial charge on any atom is -0.396 e. The van der Waals surface area contributed by atoms with Crippen molar-refractivity contribution in [2.45, 2.75) is 25.7 Å². The molecule has 0 bridgehead atoms. The van der Waals surface area contributed by atoms with E-state index in [0.29, 0.717) is 12.5 Å². The Labute approximate surface area is 82.0 Å². The predicted octanol–water partition coefficient (Wildman–Crippen LogP) is 2.69. The monoisotopic (exact) mass is 230 g/mol. The van der Waals surface area contributed by atoms with Gasteiger partial charge in [-0.1, -0.05) is 22.0 Å². The second-order valence-electron chi connectivity index (χ2n) is 3.94. The molecule has 1 fully saturated rings. The molecule has 0 unspecified atom stereocenters. The predicted molar refractivity (Wildman–Crippen MR) is 53.0 cm³/mol. The Hall–Kier alpha value is 0.180. The molecule has 1 N–H and O–H groups in total. The summed E-state index contributed by atoms with van der Waals surface area (Å²) in [5.74, 6) is 2.31. The topological polar surface area (TPSA) is 20.2 Å². The molecule has 0 saturated heterocycles. The van der Waals surface area contributed by atoms with E-state index in [4.69, 9.17) is 5.11 Å². The van der Waals surface area contributed by atoms with E-state index in [-0.39, 0.29) is 0 Å². The van der Waals surface area contributed by atoms with E-state index in [0.717, 1.165) is 11.8 Å². The van der Waals surface area contributed by atoms with Crippen molar-refractivity contribution in [1.29, 1.82) is 0 Å². The van der Waals surface area contributed by atoms with E-state index in [1.54, 1.807) is 0 Å². The molecule has 0 radical (unpaired) electrons. The summed E-state index contributed by atoms with van der Waals surface area (Å²) >= 11 is 3.56. The van der Waals surface area contributed by atoms with Crippen molar-refractivity contribution in [3.8, 4) is 0 Å². The lowest BCUT2D eigenvalue weighted by atomic mass is 10.1. The Kier molecular flexibility index (Phi) is 2.56. The van der Waals surface area contributed by atoms with Crippen molar-refractivity contribution < 1.29 is 5.11 Å². The van der Waals surface area contributed by atoms with Gasteiger partial charge >= 0.3 is 0 Å². The van der Waals surface area contributed by atoms with Crippen LogP contribution in [-0.2, 0) is 0 Å². The third kappa shape index (κ3) is 1.60. The minimum absolute atomic E-state index is 0.410. The van der Waals surface area contributed by atoms with Crippen molar-refractivity contribution in [2.24, 2.45) is 17.8 Å². The van der Waals surface area contributed by atoms with Crippen LogP contribution in [-0.4, -0.2) is 11.7 Å². The Morgan fingerprint density at radius 1 is 1.42 bits per heavy atom. The summed E-state index contributed by atoms with van der Waals surface area (Å²) in [6, 6.07) is 0. The maximum absolute atomic E-state index is 9.06. The third-order valence-corrected chi connectivity index (χ3v) is 4.02. The fourth-order valence-electron chi connectivity index (χ4n) is 2.49. The lowest BCUT2D eigenvalue weighted by Crippen LogP contribution is -1.88. The Bertz CT molecular complexity index is 200. The molecule has 0 aromatic carbocycles. The molecule has 1 nitrogen and oxygen atoms in total. The first kappa shape index (κ1) is 8.76. The van der Waals surface area contributed by atoms with Gasteiger partial charge in [-0.05, 0) is 47.9 Å². The highest BCUT2D eigenvalue weighted by Crippen LogP contribution is 2.53. The van der Waals surface area contributed by atoms with Gasteiger partial charge in [0.25, 0.3) is 0 Å². The molecule has 2 heteroatoms. The van der Waals surface area contributed by atoms with Gasteiger partial charge in [-0.25, -0.2) is 0 Å². The molecule has 68 valence electrons. The molecule has 0 aliphatic heterocycles. The normalized spacial score (nSPS) is 45.2. The number of halogens is 1. The molecule has 1 saturated carbocycles. The van der Waals surface area contributed by atoms with Gasteiger partial charge in [-0.2, -0.15) is 0 Å². The molecule has 12 heavy (non-hydrogen) atoms. The van der Waals surface area contributed by atoms with Gasteiger partial charge in [0.05, 0.1) is 0 Å². The van der Waals surface area contributed by atoms with E-state index in [9.17, 15) is 0 Å². The summed E-state index contributed by atoms with van der Waals surface area (Å²) in [7, 11) is 0. The van der Waals surface area contributed by atoms with Crippen LogP contribution in [0.15, 0.2) is 10.6 Å². The Morgan fingerprint density at radius 2 is 2.17 bits per heavy atom. The van der Waals surface area contributed by atoms with Gasteiger partial charge < -0.3 is 5.11 Å². The zero-order valence-corrected chi connectivity index (χ0v) is 8.76. The first-order valence-corrected chi connectivity index (χ1v) is 5.57. The van der Waals surface area contributed by atoms with Crippen LogP contribution in [0.3, 0.4) is 0 Å². The molecule has 0 aromatic heterocycles. The fourth-order valence-corrected chi connectivity index (χ4v) is 2.95. The summed E-state index contributed by atoms with van der Waals surface area (Å²) in [6.45, 7) is 0.410. The Morgan fingerprint density at radius 3 is 2.92 bits per heavy atom. The summed E-state index contributed by atoms with van der Waals surface area (Å²) in [5, 5.41) is 9.06. The summed E-state index contributed by atoms with van der Waals surface area (Å²) < 4.78 is 1.37. The van der Waals surface area contributed by atoms with Gasteiger partial charge in [0.2, 0.25) is 0 Å². The SMILES string of the molecule is OC[C@H]1[C@H]2CC/C(Br)=C\CC[C@@H]12. The molecule has 2 rings (SSSR count). The van der Waals surface area contributed by atoms with Crippen molar-refractivity contribution in [2.75, 3.05) is 6.61 Å². The number of hydrogen-bond acceptors (Lipinski definition) is 1. The van der Waals surface area contributed by atoms with Crippen molar-refractivity contribution in [1.82, 2.24) is 0 Å². The van der Waals surface area contributed by atoms with Crippen molar-refractivity contribution >= 4 is 15.9 Å². The van der Waals surface area contributed by atoms with Gasteiger partial charge in [0, 0.05) is 6.61 Å². The second-order valence-corrected chi connectivity index (χ2v) is 4.96. The highest BCUT2D eigenvalue weighted by atomic mass is 79.9. The molecule has 0 heterocycles. The molecule has 0 spiro atoms. The first-order valence-electron chi connectivity index (χ1n) is 4.78. The number of aliphatic hydroxyl groups excluding tert-OH is 1. The average Bonchev–Trinajstić information content (AvgIpc) is 2.70. The van der Waals surface area contributed by atoms with Crippen LogP contribution in [0, 0.1) is 17.8 Å². The lowest BCUT2D eigenvalue weighted by Gasteiger charge is -2.03. The second kappa shape index (κ2) is 3.51. The van der Waals surface area contributed by atoms with Crippen LogP contribution in [0.4, 0.5) is 0 Å². The van der Waals surface area contributed by atoms with Crippen molar-refractivity contribution in [3.05, 3.63) is 10.6 Å². The number of aliphatic hydroxyl groups is 1. The molecular weight excluding hydrogens is 216 g/mol. The van der Waals surface area contributed by atoms with Crippen LogP contribution >= 0.6 is 15.9 Å². The number of rotatable bonds is 1. The van der Waals surface area contributed by atoms with E-state index in [1.165, 1.54) is 30.2 Å². The zero-order valence-electron chi connectivity index (χ0n) is 7.17. The van der Waals surface area contributed by atoms with E-state index < -0.39 is 0 Å². The van der Waals surface area contributed by atoms with Crippen LogP contribution in [0.25, 0.3) is 0 Å². The molecule has 2 aliphatic carbocycles. The summed E-state index contributed by atoms with van der Waals surface area (Å²) in [4.78, 5) is 0. The standard InChI is InChI=1S/C10H15BrO/c11-7-2-1-3-8-9(5-4-7)10(8)6-12/h2,8-10,12H,1,3-6H2/b7-2+/t8-,9+,10-/m1/s1. The lowest BCUT2D eigenvalue weighted by molar-refractivity contribution is 0.262. The van der Waals surface area contributed by atoms with Crippen LogP contribution in [0.2, 0.25) is 0 Å². The van der Waals surface area contributed by atoms with Gasteiger partial charge in [-0.15, -0.1) is 0 Å². The molecular formula is C10H15BrO. The van der Waals surface area contributed by atoms with E-state index in [2.05, 4.69) is 22.0 Å². The van der Waals surface area contributed by atoms with Crippen LogP contribution < -0.4 is 0 Å². The van der Waals surface area contributed by atoms with E-state index in [1.807, 2.05) is 0 Å². The van der Waals surface area contributed by atoms with Gasteiger partial charge in [0.15, 0.2) is 0 Å². The summed E-state index contributed by atoms with van der Waals surface area (Å²) in [6.07, 6.45) is 7.22. The highest BCUT2D eigenvalue weighted by Gasteiger charge is 2.48. The molecule has 0 aromatic rings. The number of allylic oxidation sites excluding steroid dienone is 2. The van der Waals surface area contributed by atoms with E-state index >= 15 is 0 Å². The van der Waals surface area contributed by atoms with Crippen LogP contribution in [0.5, 0.6) is 0 Å². The third-order valence-electron chi connectivity index (χ3n) is 3.30. The van der Waals surface area contributed by atoms with Gasteiger partial charge in [0.1, 0.15) is 0 Å². The molecule has 0 amide bonds.